The Bertz CT molecular complexity index is 1220. The van der Waals surface area contributed by atoms with Crippen molar-refractivity contribution in [2.45, 2.75) is 32.2 Å². The van der Waals surface area contributed by atoms with Crippen molar-refractivity contribution in [3.8, 4) is 0 Å². The van der Waals surface area contributed by atoms with E-state index in [1.807, 2.05) is 30.3 Å². The summed E-state index contributed by atoms with van der Waals surface area (Å²) in [6.45, 7) is 3.30. The fourth-order valence-corrected chi connectivity index (χ4v) is 3.93. The molecule has 1 aliphatic rings. The summed E-state index contributed by atoms with van der Waals surface area (Å²) in [6, 6.07) is 12.5. The van der Waals surface area contributed by atoms with E-state index < -0.39 is 0 Å². The SMILES string of the molecule is Cc1nc(C2CCCN(C(=O)c3ccc(=O)n(C)n3)C2)ncc1C(=O)NCc1ccccc1. The van der Waals surface area contributed by atoms with Crippen LogP contribution in [0.4, 0.5) is 0 Å². The number of carbonyl (C=O) groups is 2. The second-order valence-corrected chi connectivity index (χ2v) is 8.17. The fraction of sp³-hybridized carbons (Fsp3) is 0.333. The molecule has 0 radical (unpaired) electrons. The zero-order chi connectivity index (χ0) is 23.4. The van der Waals surface area contributed by atoms with Crippen molar-refractivity contribution in [2.24, 2.45) is 7.05 Å². The number of likely N-dealkylation sites (tertiary alicyclic amines) is 1. The highest BCUT2D eigenvalue weighted by Crippen LogP contribution is 2.25. The van der Waals surface area contributed by atoms with Crippen LogP contribution in [-0.2, 0) is 13.6 Å². The Morgan fingerprint density at radius 1 is 1.15 bits per heavy atom. The van der Waals surface area contributed by atoms with E-state index in [1.165, 1.54) is 19.2 Å². The zero-order valence-electron chi connectivity index (χ0n) is 18.7. The van der Waals surface area contributed by atoms with E-state index in [4.69, 9.17) is 0 Å². The third-order valence-electron chi connectivity index (χ3n) is 5.79. The number of hydrogen-bond donors (Lipinski definition) is 1. The van der Waals surface area contributed by atoms with Crippen molar-refractivity contribution in [1.82, 2.24) is 30.0 Å². The number of piperidine rings is 1. The number of amides is 2. The summed E-state index contributed by atoms with van der Waals surface area (Å²) in [4.78, 5) is 47.8. The van der Waals surface area contributed by atoms with Crippen molar-refractivity contribution >= 4 is 11.8 Å². The first-order valence-corrected chi connectivity index (χ1v) is 10.9. The maximum atomic E-state index is 12.9. The Morgan fingerprint density at radius 3 is 2.67 bits per heavy atom. The molecule has 0 aliphatic carbocycles. The van der Waals surface area contributed by atoms with Crippen molar-refractivity contribution in [3.05, 3.63) is 87.4 Å². The van der Waals surface area contributed by atoms with E-state index in [-0.39, 0.29) is 29.0 Å². The first-order chi connectivity index (χ1) is 15.9. The number of nitrogens with one attached hydrogen (secondary N) is 1. The van der Waals surface area contributed by atoms with Crippen molar-refractivity contribution in [3.63, 3.8) is 0 Å². The van der Waals surface area contributed by atoms with Crippen molar-refractivity contribution in [1.29, 1.82) is 0 Å². The van der Waals surface area contributed by atoms with Crippen molar-refractivity contribution < 1.29 is 9.59 Å². The molecule has 1 aliphatic heterocycles. The van der Waals surface area contributed by atoms with Gasteiger partial charge in [0.05, 0.1) is 11.3 Å². The van der Waals surface area contributed by atoms with Gasteiger partial charge in [0.25, 0.3) is 17.4 Å². The molecule has 1 aromatic carbocycles. The highest BCUT2D eigenvalue weighted by atomic mass is 16.2. The molecule has 1 saturated heterocycles. The van der Waals surface area contributed by atoms with Crippen molar-refractivity contribution in [2.75, 3.05) is 13.1 Å². The highest BCUT2D eigenvalue weighted by Gasteiger charge is 2.28. The molecule has 0 spiro atoms. The van der Waals surface area contributed by atoms with Crippen LogP contribution in [0.5, 0.6) is 0 Å². The normalized spacial score (nSPS) is 15.8. The molecule has 33 heavy (non-hydrogen) atoms. The molecule has 4 rings (SSSR count). The summed E-state index contributed by atoms with van der Waals surface area (Å²) in [5.41, 5.74) is 2.03. The minimum atomic E-state index is -0.264. The van der Waals surface area contributed by atoms with E-state index in [2.05, 4.69) is 20.4 Å². The second-order valence-electron chi connectivity index (χ2n) is 8.17. The summed E-state index contributed by atoms with van der Waals surface area (Å²) < 4.78 is 1.16. The molecule has 3 heterocycles. The summed E-state index contributed by atoms with van der Waals surface area (Å²) in [7, 11) is 1.52. The number of hydrogen-bond acceptors (Lipinski definition) is 6. The molecule has 0 saturated carbocycles. The van der Waals surface area contributed by atoms with E-state index in [0.717, 1.165) is 23.1 Å². The number of nitrogens with zero attached hydrogens (tertiary/aromatic N) is 5. The van der Waals surface area contributed by atoms with E-state index in [1.54, 1.807) is 18.0 Å². The molecule has 2 amide bonds. The minimum absolute atomic E-state index is 0.0321. The monoisotopic (exact) mass is 446 g/mol. The summed E-state index contributed by atoms with van der Waals surface area (Å²) in [5.74, 6) is 0.154. The van der Waals surface area contributed by atoms with Gasteiger partial charge in [-0.25, -0.2) is 14.6 Å². The van der Waals surface area contributed by atoms with E-state index >= 15 is 0 Å². The van der Waals surface area contributed by atoms with Crippen LogP contribution >= 0.6 is 0 Å². The first-order valence-electron chi connectivity index (χ1n) is 10.9. The lowest BCUT2D eigenvalue weighted by Gasteiger charge is -2.32. The maximum Gasteiger partial charge on any atom is 0.274 e. The smallest absolute Gasteiger partial charge is 0.274 e. The van der Waals surface area contributed by atoms with Gasteiger partial charge in [0, 0.05) is 44.9 Å². The number of rotatable bonds is 5. The molecule has 3 aromatic rings. The van der Waals surface area contributed by atoms with Crippen LogP contribution in [0.15, 0.2) is 53.5 Å². The summed E-state index contributed by atoms with van der Waals surface area (Å²) >= 11 is 0. The highest BCUT2D eigenvalue weighted by molar-refractivity contribution is 5.94. The Hall–Kier alpha value is -3.88. The molecule has 1 N–H and O–H groups in total. The lowest BCUT2D eigenvalue weighted by atomic mass is 9.96. The molecule has 1 fully saturated rings. The van der Waals surface area contributed by atoms with Gasteiger partial charge in [0.2, 0.25) is 0 Å². The molecule has 0 bridgehead atoms. The molecule has 170 valence electrons. The largest absolute Gasteiger partial charge is 0.348 e. The molecule has 1 unspecified atom stereocenters. The standard InChI is InChI=1S/C24H26N6O3/c1-16-19(23(32)26-13-17-7-4-3-5-8-17)14-25-22(27-16)18-9-6-12-30(15-18)24(33)20-10-11-21(31)29(2)28-20/h3-5,7-8,10-11,14,18H,6,9,12-13,15H2,1-2H3,(H,26,32). The quantitative estimate of drug-likeness (QED) is 0.640. The molecule has 9 nitrogen and oxygen atoms in total. The van der Waals surface area contributed by atoms with Gasteiger partial charge in [-0.1, -0.05) is 30.3 Å². The second kappa shape index (κ2) is 9.72. The molecule has 1 atom stereocenters. The Labute approximate surface area is 191 Å². The van der Waals surface area contributed by atoms with Gasteiger partial charge in [0.1, 0.15) is 11.5 Å². The van der Waals surface area contributed by atoms with Gasteiger partial charge in [-0.3, -0.25) is 14.4 Å². The van der Waals surface area contributed by atoms with Gasteiger partial charge in [0.15, 0.2) is 0 Å². The minimum Gasteiger partial charge on any atom is -0.348 e. The Balaban J connectivity index is 1.43. The molecule has 2 aromatic heterocycles. The van der Waals surface area contributed by atoms with Gasteiger partial charge in [-0.05, 0) is 31.4 Å². The number of benzene rings is 1. The topological polar surface area (TPSA) is 110 Å². The van der Waals surface area contributed by atoms with E-state index in [9.17, 15) is 14.4 Å². The summed E-state index contributed by atoms with van der Waals surface area (Å²) in [5, 5.41) is 6.97. The number of aromatic nitrogens is 4. The number of carbonyl (C=O) groups excluding carboxylic acids is 2. The van der Waals surface area contributed by atoms with Crippen LogP contribution < -0.4 is 10.9 Å². The predicted molar refractivity (Wildman–Crippen MR) is 122 cm³/mol. The van der Waals surface area contributed by atoms with Crippen LogP contribution in [0.3, 0.4) is 0 Å². The third kappa shape index (κ3) is 5.14. The molecular formula is C24H26N6O3. The molecular weight excluding hydrogens is 420 g/mol. The maximum absolute atomic E-state index is 12.9. The third-order valence-corrected chi connectivity index (χ3v) is 5.79. The summed E-state index contributed by atoms with van der Waals surface area (Å²) in [6.07, 6.45) is 3.22. The van der Waals surface area contributed by atoms with Gasteiger partial charge >= 0.3 is 0 Å². The number of aryl methyl sites for hydroxylation is 2. The van der Waals surface area contributed by atoms with Gasteiger partial charge < -0.3 is 10.2 Å². The first kappa shape index (κ1) is 22.3. The zero-order valence-corrected chi connectivity index (χ0v) is 18.7. The average Bonchev–Trinajstić information content (AvgIpc) is 2.84. The van der Waals surface area contributed by atoms with E-state index in [0.29, 0.717) is 36.7 Å². The van der Waals surface area contributed by atoms with Gasteiger partial charge in [-0.15, -0.1) is 0 Å². The van der Waals surface area contributed by atoms with Crippen LogP contribution in [-0.4, -0.2) is 49.6 Å². The van der Waals surface area contributed by atoms with Crippen LogP contribution in [0.2, 0.25) is 0 Å². The Morgan fingerprint density at radius 2 is 1.94 bits per heavy atom. The van der Waals surface area contributed by atoms with Crippen LogP contribution in [0.1, 0.15) is 56.7 Å². The fourth-order valence-electron chi connectivity index (χ4n) is 3.93. The van der Waals surface area contributed by atoms with Crippen LogP contribution in [0, 0.1) is 6.92 Å². The molecule has 9 heteroatoms. The van der Waals surface area contributed by atoms with Gasteiger partial charge in [-0.2, -0.15) is 5.10 Å². The Kier molecular flexibility index (Phi) is 6.58. The predicted octanol–water partition coefficient (Wildman–Crippen LogP) is 1.83. The lowest BCUT2D eigenvalue weighted by Crippen LogP contribution is -2.40. The van der Waals surface area contributed by atoms with Crippen LogP contribution in [0.25, 0.3) is 0 Å². The lowest BCUT2D eigenvalue weighted by molar-refractivity contribution is 0.0696. The average molecular weight is 447 g/mol.